The summed E-state index contributed by atoms with van der Waals surface area (Å²) in [5.74, 6) is -0.0489. The molecule has 0 aliphatic heterocycles. The minimum Gasteiger partial charge on any atom is -0.350 e. The molecule has 120 valence electrons. The molecule has 1 N–H and O–H groups in total. The zero-order valence-electron chi connectivity index (χ0n) is 12.2. The predicted molar refractivity (Wildman–Crippen MR) is 74.7 cm³/mol. The highest BCUT2D eigenvalue weighted by atomic mass is 19.4. The summed E-state index contributed by atoms with van der Waals surface area (Å²) < 4.78 is 37.8. The highest BCUT2D eigenvalue weighted by Crippen LogP contribution is 2.57. The van der Waals surface area contributed by atoms with Crippen LogP contribution in [0.5, 0.6) is 0 Å². The number of hydrogen-bond donors (Lipinski definition) is 1. The van der Waals surface area contributed by atoms with Gasteiger partial charge in [-0.25, -0.2) is 4.98 Å². The first-order valence-corrected chi connectivity index (χ1v) is 7.69. The Morgan fingerprint density at radius 1 is 1.32 bits per heavy atom. The molecule has 3 rings (SSSR count). The molecule has 1 spiro atoms. The van der Waals surface area contributed by atoms with Crippen LogP contribution in [0.25, 0.3) is 0 Å². The number of halogens is 3. The van der Waals surface area contributed by atoms with Crippen molar-refractivity contribution in [2.45, 2.75) is 51.2 Å². The van der Waals surface area contributed by atoms with Gasteiger partial charge in [0.2, 0.25) is 5.91 Å². The third kappa shape index (κ3) is 3.42. The van der Waals surface area contributed by atoms with E-state index in [0.29, 0.717) is 5.41 Å². The van der Waals surface area contributed by atoms with Gasteiger partial charge in [0.05, 0.1) is 12.2 Å². The lowest BCUT2D eigenvalue weighted by molar-refractivity contribution is -0.141. The average molecular weight is 312 g/mol. The van der Waals surface area contributed by atoms with E-state index in [4.69, 9.17) is 0 Å². The average Bonchev–Trinajstić information content (AvgIpc) is 3.23. The Morgan fingerprint density at radius 3 is 2.77 bits per heavy atom. The van der Waals surface area contributed by atoms with Gasteiger partial charge in [0.15, 0.2) is 0 Å². The van der Waals surface area contributed by atoms with Crippen LogP contribution in [0.15, 0.2) is 18.2 Å². The van der Waals surface area contributed by atoms with Gasteiger partial charge in [-0.1, -0.05) is 12.5 Å². The summed E-state index contributed by atoms with van der Waals surface area (Å²) in [6.07, 6.45) is 2.06. The second-order valence-corrected chi connectivity index (χ2v) is 6.52. The fourth-order valence-electron chi connectivity index (χ4n) is 3.36. The Kier molecular flexibility index (Phi) is 3.87. The third-order valence-electron chi connectivity index (χ3n) is 4.81. The summed E-state index contributed by atoms with van der Waals surface area (Å²) in [4.78, 5) is 15.8. The van der Waals surface area contributed by atoms with Gasteiger partial charge < -0.3 is 5.32 Å². The standard InChI is InChI=1S/C16H19F3N2O/c17-16(18,19)13-5-1-4-12(21-13)10-20-14(22)11-3-2-6-15(9-11)7-8-15/h1,4-5,11H,2-3,6-10H2,(H,20,22). The smallest absolute Gasteiger partial charge is 0.350 e. The molecular weight excluding hydrogens is 293 g/mol. The van der Waals surface area contributed by atoms with E-state index in [-0.39, 0.29) is 24.1 Å². The molecule has 1 aromatic heterocycles. The number of aromatic nitrogens is 1. The fraction of sp³-hybridized carbons (Fsp3) is 0.625. The molecule has 1 heterocycles. The number of carbonyl (C=O) groups is 1. The quantitative estimate of drug-likeness (QED) is 0.925. The minimum atomic E-state index is -4.46. The van der Waals surface area contributed by atoms with Gasteiger partial charge in [-0.2, -0.15) is 13.2 Å². The zero-order valence-corrected chi connectivity index (χ0v) is 12.2. The minimum absolute atomic E-state index is 0.00190. The van der Waals surface area contributed by atoms with Gasteiger partial charge in [0, 0.05) is 5.92 Å². The molecule has 2 saturated carbocycles. The van der Waals surface area contributed by atoms with Crippen molar-refractivity contribution in [1.29, 1.82) is 0 Å². The predicted octanol–water partition coefficient (Wildman–Crippen LogP) is 3.69. The van der Waals surface area contributed by atoms with Gasteiger partial charge in [-0.15, -0.1) is 0 Å². The zero-order chi connectivity index (χ0) is 15.8. The number of pyridine rings is 1. The normalized spacial score (nSPS) is 23.3. The number of hydrogen-bond acceptors (Lipinski definition) is 2. The number of carbonyl (C=O) groups excluding carboxylic acids is 1. The Morgan fingerprint density at radius 2 is 2.09 bits per heavy atom. The van der Waals surface area contributed by atoms with E-state index >= 15 is 0 Å². The van der Waals surface area contributed by atoms with E-state index in [9.17, 15) is 18.0 Å². The molecule has 1 aromatic rings. The Labute approximate surface area is 127 Å². The summed E-state index contributed by atoms with van der Waals surface area (Å²) in [6, 6.07) is 3.75. The lowest BCUT2D eigenvalue weighted by Gasteiger charge is -2.28. The van der Waals surface area contributed by atoms with Gasteiger partial charge in [-0.3, -0.25) is 4.79 Å². The van der Waals surface area contributed by atoms with Crippen LogP contribution in [0.4, 0.5) is 13.2 Å². The van der Waals surface area contributed by atoms with Crippen LogP contribution in [-0.2, 0) is 17.5 Å². The highest BCUT2D eigenvalue weighted by molar-refractivity contribution is 5.78. The highest BCUT2D eigenvalue weighted by Gasteiger charge is 2.47. The molecule has 0 saturated heterocycles. The summed E-state index contributed by atoms with van der Waals surface area (Å²) >= 11 is 0. The summed E-state index contributed by atoms with van der Waals surface area (Å²) in [5.41, 5.74) is -0.289. The molecule has 0 radical (unpaired) electrons. The van der Waals surface area contributed by atoms with Crippen molar-refractivity contribution in [3.05, 3.63) is 29.6 Å². The largest absolute Gasteiger partial charge is 0.433 e. The fourth-order valence-corrected chi connectivity index (χ4v) is 3.36. The molecule has 1 unspecified atom stereocenters. The summed E-state index contributed by atoms with van der Waals surface area (Å²) in [5, 5.41) is 2.74. The van der Waals surface area contributed by atoms with E-state index in [0.717, 1.165) is 25.3 Å². The van der Waals surface area contributed by atoms with E-state index in [1.807, 2.05) is 0 Å². The summed E-state index contributed by atoms with van der Waals surface area (Å²) in [7, 11) is 0. The molecule has 6 heteroatoms. The lowest BCUT2D eigenvalue weighted by atomic mass is 9.78. The van der Waals surface area contributed by atoms with Crippen molar-refractivity contribution in [1.82, 2.24) is 10.3 Å². The first kappa shape index (κ1) is 15.3. The van der Waals surface area contributed by atoms with Gasteiger partial charge in [0.1, 0.15) is 5.69 Å². The second-order valence-electron chi connectivity index (χ2n) is 6.52. The van der Waals surface area contributed by atoms with Crippen molar-refractivity contribution in [2.75, 3.05) is 0 Å². The molecule has 2 fully saturated rings. The number of alkyl halides is 3. The van der Waals surface area contributed by atoms with Crippen LogP contribution in [-0.4, -0.2) is 10.9 Å². The Hall–Kier alpha value is -1.59. The number of rotatable bonds is 3. The van der Waals surface area contributed by atoms with Crippen LogP contribution < -0.4 is 5.32 Å². The number of amides is 1. The van der Waals surface area contributed by atoms with Gasteiger partial charge >= 0.3 is 6.18 Å². The van der Waals surface area contributed by atoms with Crippen molar-refractivity contribution in [3.63, 3.8) is 0 Å². The lowest BCUT2D eigenvalue weighted by Crippen LogP contribution is -2.34. The third-order valence-corrected chi connectivity index (χ3v) is 4.81. The molecule has 1 atom stereocenters. The van der Waals surface area contributed by atoms with Crippen molar-refractivity contribution >= 4 is 5.91 Å². The molecule has 2 aliphatic carbocycles. The van der Waals surface area contributed by atoms with E-state index < -0.39 is 11.9 Å². The molecule has 22 heavy (non-hydrogen) atoms. The maximum atomic E-state index is 12.6. The summed E-state index contributed by atoms with van der Waals surface area (Å²) in [6.45, 7) is 0.0479. The van der Waals surface area contributed by atoms with Crippen molar-refractivity contribution < 1.29 is 18.0 Å². The molecule has 3 nitrogen and oxygen atoms in total. The van der Waals surface area contributed by atoms with Crippen LogP contribution >= 0.6 is 0 Å². The maximum Gasteiger partial charge on any atom is 0.433 e. The second kappa shape index (κ2) is 5.56. The van der Waals surface area contributed by atoms with Crippen LogP contribution in [0.3, 0.4) is 0 Å². The maximum absolute atomic E-state index is 12.6. The van der Waals surface area contributed by atoms with Crippen LogP contribution in [0, 0.1) is 11.3 Å². The first-order valence-electron chi connectivity index (χ1n) is 7.69. The van der Waals surface area contributed by atoms with E-state index in [2.05, 4.69) is 10.3 Å². The monoisotopic (exact) mass is 312 g/mol. The van der Waals surface area contributed by atoms with Crippen LogP contribution in [0.1, 0.15) is 49.9 Å². The number of nitrogens with one attached hydrogen (secondary N) is 1. The van der Waals surface area contributed by atoms with E-state index in [1.165, 1.54) is 31.4 Å². The van der Waals surface area contributed by atoms with Gasteiger partial charge in [0.25, 0.3) is 0 Å². The first-order chi connectivity index (χ1) is 10.4. The van der Waals surface area contributed by atoms with Gasteiger partial charge in [-0.05, 0) is 49.7 Å². The molecule has 1 amide bonds. The Bertz CT molecular complexity index is 567. The SMILES string of the molecule is O=C(NCc1cccc(C(F)(F)F)n1)C1CCCC2(CC2)C1. The molecular formula is C16H19F3N2O. The molecule has 0 aromatic carbocycles. The van der Waals surface area contributed by atoms with Crippen LogP contribution in [0.2, 0.25) is 0 Å². The van der Waals surface area contributed by atoms with Crippen molar-refractivity contribution in [2.24, 2.45) is 11.3 Å². The molecule has 0 bridgehead atoms. The number of nitrogens with zero attached hydrogens (tertiary/aromatic N) is 1. The molecule has 2 aliphatic rings. The Balaban J connectivity index is 1.57. The van der Waals surface area contributed by atoms with E-state index in [1.54, 1.807) is 0 Å². The topological polar surface area (TPSA) is 42.0 Å². The van der Waals surface area contributed by atoms with Crippen molar-refractivity contribution in [3.8, 4) is 0 Å².